The Morgan fingerprint density at radius 3 is 2.23 bits per heavy atom. The predicted octanol–water partition coefficient (Wildman–Crippen LogP) is 4.82. The summed E-state index contributed by atoms with van der Waals surface area (Å²) in [5, 5.41) is 6.25. The van der Waals surface area contributed by atoms with Crippen LogP contribution in [0.25, 0.3) is 0 Å². The van der Waals surface area contributed by atoms with Crippen molar-refractivity contribution >= 4 is 17.8 Å². The van der Waals surface area contributed by atoms with E-state index in [1.807, 2.05) is 27.7 Å². The summed E-state index contributed by atoms with van der Waals surface area (Å²) < 4.78 is 5.33. The summed E-state index contributed by atoms with van der Waals surface area (Å²) in [5.41, 5.74) is 3.15. The number of anilines is 1. The molecule has 1 saturated heterocycles. The smallest absolute Gasteiger partial charge is 0.407 e. The van der Waals surface area contributed by atoms with Crippen LogP contribution in [-0.2, 0) is 16.7 Å². The summed E-state index contributed by atoms with van der Waals surface area (Å²) in [6.45, 7) is 15.7. The van der Waals surface area contributed by atoms with Gasteiger partial charge in [-0.15, -0.1) is 0 Å². The molecule has 0 aliphatic carbocycles. The molecule has 190 valence electrons. The van der Waals surface area contributed by atoms with E-state index in [-0.39, 0.29) is 17.4 Å². The number of nitrogens with one attached hydrogen (secondary N) is 2. The summed E-state index contributed by atoms with van der Waals surface area (Å²) in [7, 11) is 0. The van der Waals surface area contributed by atoms with Crippen LogP contribution in [-0.4, -0.2) is 51.6 Å². The van der Waals surface area contributed by atoms with E-state index >= 15 is 0 Å². The first-order valence-electron chi connectivity index (χ1n) is 12.3. The number of carbonyl (C=O) groups excluding carboxylic acids is 2. The van der Waals surface area contributed by atoms with E-state index in [4.69, 9.17) is 4.74 Å². The van der Waals surface area contributed by atoms with Crippen LogP contribution in [0.15, 0.2) is 30.6 Å². The van der Waals surface area contributed by atoms with Gasteiger partial charge in [-0.1, -0.05) is 45.0 Å². The highest BCUT2D eigenvalue weighted by Gasteiger charge is 2.28. The zero-order valence-corrected chi connectivity index (χ0v) is 22.1. The molecule has 8 nitrogen and oxygen atoms in total. The molecule has 3 rings (SSSR count). The molecule has 1 aliphatic heterocycles. The van der Waals surface area contributed by atoms with Crippen molar-refractivity contribution < 1.29 is 14.3 Å². The average Bonchev–Trinajstić information content (AvgIpc) is 2.77. The van der Waals surface area contributed by atoms with E-state index in [2.05, 4.69) is 65.6 Å². The largest absolute Gasteiger partial charge is 0.444 e. The van der Waals surface area contributed by atoms with E-state index in [1.54, 1.807) is 4.90 Å². The minimum Gasteiger partial charge on any atom is -0.444 e. The van der Waals surface area contributed by atoms with Gasteiger partial charge in [-0.2, -0.15) is 0 Å². The number of piperidine rings is 1. The summed E-state index contributed by atoms with van der Waals surface area (Å²) in [6, 6.07) is 8.53. The van der Waals surface area contributed by atoms with Crippen molar-refractivity contribution in [2.75, 3.05) is 18.4 Å². The number of benzene rings is 1. The fourth-order valence-corrected chi connectivity index (χ4v) is 4.00. The Kier molecular flexibility index (Phi) is 8.03. The normalized spacial score (nSPS) is 15.0. The molecular formula is C27H39N5O3. The lowest BCUT2D eigenvalue weighted by atomic mass is 9.87. The summed E-state index contributed by atoms with van der Waals surface area (Å²) in [6.07, 6.45) is 2.36. The molecule has 2 heterocycles. The minimum absolute atomic E-state index is 0.0118. The molecule has 0 radical (unpaired) electrons. The maximum Gasteiger partial charge on any atom is 0.407 e. The number of ether oxygens (including phenoxy) is 1. The molecule has 0 unspecified atom stereocenters. The van der Waals surface area contributed by atoms with Gasteiger partial charge in [-0.25, -0.2) is 14.8 Å². The molecule has 1 fully saturated rings. The molecule has 1 aliphatic rings. The monoisotopic (exact) mass is 481 g/mol. The van der Waals surface area contributed by atoms with Crippen molar-refractivity contribution in [1.29, 1.82) is 0 Å². The van der Waals surface area contributed by atoms with Gasteiger partial charge < -0.3 is 20.3 Å². The van der Waals surface area contributed by atoms with Crippen molar-refractivity contribution in [1.82, 2.24) is 20.2 Å². The summed E-state index contributed by atoms with van der Waals surface area (Å²) in [4.78, 5) is 35.7. The van der Waals surface area contributed by atoms with Crippen molar-refractivity contribution in [2.45, 2.75) is 84.9 Å². The van der Waals surface area contributed by atoms with Crippen molar-refractivity contribution in [3.05, 3.63) is 53.0 Å². The third kappa shape index (κ3) is 7.41. The van der Waals surface area contributed by atoms with Gasteiger partial charge in [-0.3, -0.25) is 4.79 Å². The number of hydrogen-bond acceptors (Lipinski definition) is 6. The van der Waals surface area contributed by atoms with Crippen molar-refractivity contribution in [3.63, 3.8) is 0 Å². The van der Waals surface area contributed by atoms with Crippen molar-refractivity contribution in [2.24, 2.45) is 0 Å². The Balaban J connectivity index is 1.57. The zero-order chi connectivity index (χ0) is 25.8. The summed E-state index contributed by atoms with van der Waals surface area (Å²) >= 11 is 0. The number of rotatable bonds is 5. The molecular weight excluding hydrogens is 442 g/mol. The van der Waals surface area contributed by atoms with Gasteiger partial charge in [0.2, 0.25) is 0 Å². The standard InChI is InChI=1S/C27H39N5O3/c1-18-22(24(33)32-14-12-21(13-15-32)31-25(34)35-27(5,6)7)29-17-30-23(18)28-16-19-8-10-20(11-9-19)26(2,3)4/h8-11,17,21H,12-16H2,1-7H3,(H,31,34)(H,28,29,30). The van der Waals surface area contributed by atoms with E-state index in [0.29, 0.717) is 44.0 Å². The van der Waals surface area contributed by atoms with Gasteiger partial charge in [-0.05, 0) is 57.1 Å². The van der Waals surface area contributed by atoms with Crippen LogP contribution in [0.2, 0.25) is 0 Å². The molecule has 2 amide bonds. The molecule has 0 bridgehead atoms. The third-order valence-electron chi connectivity index (χ3n) is 6.07. The lowest BCUT2D eigenvalue weighted by Crippen LogP contribution is -2.47. The second kappa shape index (κ2) is 10.6. The fraction of sp³-hybridized carbons (Fsp3) is 0.556. The number of carbonyl (C=O) groups is 2. The Morgan fingerprint density at radius 2 is 1.66 bits per heavy atom. The van der Waals surface area contributed by atoms with Gasteiger partial charge in [0.1, 0.15) is 23.4 Å². The van der Waals surface area contributed by atoms with Gasteiger partial charge in [0.25, 0.3) is 5.91 Å². The lowest BCUT2D eigenvalue weighted by Gasteiger charge is -2.33. The molecule has 1 aromatic heterocycles. The van der Waals surface area contributed by atoms with Crippen LogP contribution in [0, 0.1) is 6.92 Å². The molecule has 2 N–H and O–H groups in total. The first-order valence-corrected chi connectivity index (χ1v) is 12.3. The van der Waals surface area contributed by atoms with E-state index in [1.165, 1.54) is 11.9 Å². The van der Waals surface area contributed by atoms with Crippen LogP contribution < -0.4 is 10.6 Å². The highest BCUT2D eigenvalue weighted by atomic mass is 16.6. The van der Waals surface area contributed by atoms with E-state index in [9.17, 15) is 9.59 Å². The molecule has 35 heavy (non-hydrogen) atoms. The Labute approximate surface area is 208 Å². The van der Waals surface area contributed by atoms with Crippen molar-refractivity contribution in [3.8, 4) is 0 Å². The Bertz CT molecular complexity index is 1030. The van der Waals surface area contributed by atoms with Crippen LogP contribution >= 0.6 is 0 Å². The van der Waals surface area contributed by atoms with Crippen LogP contribution in [0.1, 0.15) is 81.6 Å². The number of likely N-dealkylation sites (tertiary alicyclic amines) is 1. The summed E-state index contributed by atoms with van der Waals surface area (Å²) in [5.74, 6) is 0.544. The van der Waals surface area contributed by atoms with Gasteiger partial charge in [0.15, 0.2) is 0 Å². The first kappa shape index (κ1) is 26.4. The maximum atomic E-state index is 13.2. The number of alkyl carbamates (subject to hydrolysis) is 1. The Hall–Kier alpha value is -3.16. The van der Waals surface area contributed by atoms with Gasteiger partial charge in [0.05, 0.1) is 0 Å². The molecule has 1 aromatic carbocycles. The topological polar surface area (TPSA) is 96.5 Å². The molecule has 0 spiro atoms. The van der Waals surface area contributed by atoms with Crippen LogP contribution in [0.3, 0.4) is 0 Å². The third-order valence-corrected chi connectivity index (χ3v) is 6.07. The lowest BCUT2D eigenvalue weighted by molar-refractivity contribution is 0.0473. The SMILES string of the molecule is Cc1c(NCc2ccc(C(C)(C)C)cc2)ncnc1C(=O)N1CCC(NC(=O)OC(C)(C)C)CC1. The zero-order valence-electron chi connectivity index (χ0n) is 22.1. The number of aromatic nitrogens is 2. The minimum atomic E-state index is -0.535. The molecule has 0 atom stereocenters. The maximum absolute atomic E-state index is 13.2. The van der Waals surface area contributed by atoms with Gasteiger partial charge >= 0.3 is 6.09 Å². The van der Waals surface area contributed by atoms with E-state index < -0.39 is 11.7 Å². The molecule has 2 aromatic rings. The number of amides is 2. The highest BCUT2D eigenvalue weighted by molar-refractivity contribution is 5.94. The quantitative estimate of drug-likeness (QED) is 0.635. The average molecular weight is 482 g/mol. The predicted molar refractivity (Wildman–Crippen MR) is 138 cm³/mol. The molecule has 0 saturated carbocycles. The number of nitrogens with zero attached hydrogens (tertiary/aromatic N) is 3. The highest BCUT2D eigenvalue weighted by Crippen LogP contribution is 2.23. The fourth-order valence-electron chi connectivity index (χ4n) is 4.00. The van der Waals surface area contributed by atoms with Gasteiger partial charge in [0, 0.05) is 31.2 Å². The Morgan fingerprint density at radius 1 is 1.03 bits per heavy atom. The molecule has 8 heteroatoms. The van der Waals surface area contributed by atoms with E-state index in [0.717, 1.165) is 11.1 Å². The van der Waals surface area contributed by atoms with Crippen LogP contribution in [0.5, 0.6) is 0 Å². The first-order chi connectivity index (χ1) is 16.3. The second-order valence-electron chi connectivity index (χ2n) is 11.2. The second-order valence-corrected chi connectivity index (χ2v) is 11.2. The number of hydrogen-bond donors (Lipinski definition) is 2. The van der Waals surface area contributed by atoms with Crippen LogP contribution in [0.4, 0.5) is 10.6 Å².